The van der Waals surface area contributed by atoms with E-state index in [-0.39, 0.29) is 5.91 Å². The maximum atomic E-state index is 12.0. The molecule has 1 aliphatic carbocycles. The van der Waals surface area contributed by atoms with Crippen LogP contribution in [-0.4, -0.2) is 37.6 Å². The number of nitrogens with zero attached hydrogens (tertiary/aromatic N) is 1. The van der Waals surface area contributed by atoms with Crippen molar-refractivity contribution in [1.29, 1.82) is 0 Å². The second-order valence-corrected chi connectivity index (χ2v) is 7.59. The van der Waals surface area contributed by atoms with E-state index in [9.17, 15) is 4.79 Å². The van der Waals surface area contributed by atoms with Crippen molar-refractivity contribution in [2.45, 2.75) is 25.2 Å². The number of carbonyl (C=O) groups excluding carboxylic acids is 1. The van der Waals surface area contributed by atoms with E-state index in [2.05, 4.69) is 10.2 Å². The standard InChI is InChI=1S/C14H21N3OS2/c1-16-13(18)12-11(15)10(9-3-4-9)14(20-12)17-5-2-7-19-8-6-17/h9H,2-8,15H2,1H3,(H,16,18). The van der Waals surface area contributed by atoms with Gasteiger partial charge in [0.2, 0.25) is 0 Å². The van der Waals surface area contributed by atoms with Crippen LogP contribution in [0.5, 0.6) is 0 Å². The Morgan fingerprint density at radius 3 is 2.85 bits per heavy atom. The van der Waals surface area contributed by atoms with Crippen LogP contribution in [0.25, 0.3) is 0 Å². The van der Waals surface area contributed by atoms with Gasteiger partial charge in [0.25, 0.3) is 5.91 Å². The van der Waals surface area contributed by atoms with E-state index in [4.69, 9.17) is 5.73 Å². The zero-order valence-corrected chi connectivity index (χ0v) is 13.4. The highest BCUT2D eigenvalue weighted by Gasteiger charge is 2.34. The van der Waals surface area contributed by atoms with Gasteiger partial charge in [-0.25, -0.2) is 0 Å². The molecule has 2 heterocycles. The summed E-state index contributed by atoms with van der Waals surface area (Å²) in [5, 5.41) is 3.96. The molecular formula is C14H21N3OS2. The number of nitrogens with two attached hydrogens (primary N) is 1. The van der Waals surface area contributed by atoms with Gasteiger partial charge in [-0.2, -0.15) is 11.8 Å². The number of nitrogen functional groups attached to an aromatic ring is 1. The van der Waals surface area contributed by atoms with Crippen molar-refractivity contribution in [3.8, 4) is 0 Å². The highest BCUT2D eigenvalue weighted by atomic mass is 32.2. The van der Waals surface area contributed by atoms with E-state index in [0.717, 1.165) is 24.5 Å². The van der Waals surface area contributed by atoms with Gasteiger partial charge < -0.3 is 16.0 Å². The van der Waals surface area contributed by atoms with Crippen LogP contribution in [0.1, 0.15) is 40.4 Å². The average molecular weight is 311 g/mol. The smallest absolute Gasteiger partial charge is 0.263 e. The molecule has 0 bridgehead atoms. The highest BCUT2D eigenvalue weighted by molar-refractivity contribution is 7.99. The third-order valence-corrected chi connectivity index (χ3v) is 6.22. The molecule has 0 atom stereocenters. The predicted molar refractivity (Wildman–Crippen MR) is 88.3 cm³/mol. The Morgan fingerprint density at radius 1 is 1.35 bits per heavy atom. The second kappa shape index (κ2) is 5.85. The molecule has 110 valence electrons. The third kappa shape index (κ3) is 2.63. The van der Waals surface area contributed by atoms with E-state index >= 15 is 0 Å². The van der Waals surface area contributed by atoms with Crippen LogP contribution in [0.2, 0.25) is 0 Å². The molecule has 1 aliphatic heterocycles. The van der Waals surface area contributed by atoms with E-state index in [1.54, 1.807) is 18.4 Å². The molecule has 2 fully saturated rings. The molecule has 1 saturated carbocycles. The molecule has 3 rings (SSSR count). The number of carbonyl (C=O) groups is 1. The van der Waals surface area contributed by atoms with E-state index in [1.165, 1.54) is 35.6 Å². The molecule has 1 aromatic heterocycles. The first kappa shape index (κ1) is 14.1. The fourth-order valence-corrected chi connectivity index (χ4v) is 4.87. The van der Waals surface area contributed by atoms with Gasteiger partial charge in [-0.1, -0.05) is 0 Å². The summed E-state index contributed by atoms with van der Waals surface area (Å²) in [7, 11) is 1.67. The molecule has 0 spiro atoms. The third-order valence-electron chi connectivity index (χ3n) is 3.89. The molecule has 0 radical (unpaired) electrons. The van der Waals surface area contributed by atoms with Crippen LogP contribution >= 0.6 is 23.1 Å². The lowest BCUT2D eigenvalue weighted by Gasteiger charge is -2.22. The van der Waals surface area contributed by atoms with Gasteiger partial charge in [0.1, 0.15) is 4.88 Å². The van der Waals surface area contributed by atoms with E-state index in [1.807, 2.05) is 11.8 Å². The topological polar surface area (TPSA) is 58.4 Å². The molecule has 1 amide bonds. The molecule has 1 aromatic rings. The maximum Gasteiger partial charge on any atom is 0.263 e. The highest BCUT2D eigenvalue weighted by Crippen LogP contribution is 2.52. The first-order chi connectivity index (χ1) is 9.72. The van der Waals surface area contributed by atoms with Crippen LogP contribution < -0.4 is 16.0 Å². The van der Waals surface area contributed by atoms with Gasteiger partial charge in [0, 0.05) is 31.5 Å². The Kier molecular flexibility index (Phi) is 4.12. The molecule has 1 saturated heterocycles. The Morgan fingerprint density at radius 2 is 2.15 bits per heavy atom. The first-order valence-electron chi connectivity index (χ1n) is 7.19. The number of nitrogens with one attached hydrogen (secondary N) is 1. The lowest BCUT2D eigenvalue weighted by atomic mass is 10.1. The Labute approximate surface area is 128 Å². The summed E-state index contributed by atoms with van der Waals surface area (Å²) >= 11 is 3.60. The average Bonchev–Trinajstić information content (AvgIpc) is 3.26. The van der Waals surface area contributed by atoms with Crippen molar-refractivity contribution >= 4 is 39.7 Å². The van der Waals surface area contributed by atoms with Crippen LogP contribution in [0.3, 0.4) is 0 Å². The number of thioether (sulfide) groups is 1. The SMILES string of the molecule is CNC(=O)c1sc(N2CCCSCC2)c(C2CC2)c1N. The summed E-state index contributed by atoms with van der Waals surface area (Å²) in [5.41, 5.74) is 8.26. The normalized spacial score (nSPS) is 19.8. The summed E-state index contributed by atoms with van der Waals surface area (Å²) in [5.74, 6) is 2.93. The summed E-state index contributed by atoms with van der Waals surface area (Å²) in [4.78, 5) is 15.1. The van der Waals surface area contributed by atoms with Crippen molar-refractivity contribution in [3.05, 3.63) is 10.4 Å². The van der Waals surface area contributed by atoms with Crippen LogP contribution in [-0.2, 0) is 0 Å². The molecule has 20 heavy (non-hydrogen) atoms. The van der Waals surface area contributed by atoms with Gasteiger partial charge in [-0.3, -0.25) is 4.79 Å². The lowest BCUT2D eigenvalue weighted by Crippen LogP contribution is -2.25. The minimum atomic E-state index is -0.0511. The number of rotatable bonds is 3. The van der Waals surface area contributed by atoms with Crippen molar-refractivity contribution in [2.24, 2.45) is 0 Å². The summed E-state index contributed by atoms with van der Waals surface area (Å²) < 4.78 is 0. The number of amides is 1. The largest absolute Gasteiger partial charge is 0.397 e. The Bertz CT molecular complexity index is 503. The van der Waals surface area contributed by atoms with E-state index < -0.39 is 0 Å². The van der Waals surface area contributed by atoms with Gasteiger partial charge in [-0.15, -0.1) is 11.3 Å². The molecule has 0 unspecified atom stereocenters. The zero-order valence-electron chi connectivity index (χ0n) is 11.8. The number of anilines is 2. The quantitative estimate of drug-likeness (QED) is 0.900. The van der Waals surface area contributed by atoms with Gasteiger partial charge in [0.05, 0.1) is 10.7 Å². The summed E-state index contributed by atoms with van der Waals surface area (Å²) in [6, 6.07) is 0. The first-order valence-corrected chi connectivity index (χ1v) is 9.16. The van der Waals surface area contributed by atoms with Crippen LogP contribution in [0.4, 0.5) is 10.7 Å². The number of thiophene rings is 1. The minimum absolute atomic E-state index is 0.0511. The Hall–Kier alpha value is -0.880. The monoisotopic (exact) mass is 311 g/mol. The minimum Gasteiger partial charge on any atom is -0.397 e. The van der Waals surface area contributed by atoms with Crippen molar-refractivity contribution < 1.29 is 4.79 Å². The maximum absolute atomic E-state index is 12.0. The summed E-state index contributed by atoms with van der Waals surface area (Å²) in [6.07, 6.45) is 3.63. The molecule has 4 nitrogen and oxygen atoms in total. The molecule has 6 heteroatoms. The Balaban J connectivity index is 1.97. The van der Waals surface area contributed by atoms with Gasteiger partial charge >= 0.3 is 0 Å². The summed E-state index contributed by atoms with van der Waals surface area (Å²) in [6.45, 7) is 2.15. The molecule has 2 aliphatic rings. The molecule has 3 N–H and O–H groups in total. The predicted octanol–water partition coefficient (Wildman–Crippen LogP) is 2.51. The second-order valence-electron chi connectivity index (χ2n) is 5.37. The number of hydrogen-bond donors (Lipinski definition) is 2. The fraction of sp³-hybridized carbons (Fsp3) is 0.643. The van der Waals surface area contributed by atoms with Crippen LogP contribution in [0.15, 0.2) is 0 Å². The zero-order chi connectivity index (χ0) is 14.1. The fourth-order valence-electron chi connectivity index (χ4n) is 2.68. The molecular weight excluding hydrogens is 290 g/mol. The van der Waals surface area contributed by atoms with Crippen molar-refractivity contribution in [3.63, 3.8) is 0 Å². The van der Waals surface area contributed by atoms with Gasteiger partial charge in [0.15, 0.2) is 0 Å². The van der Waals surface area contributed by atoms with Gasteiger partial charge in [-0.05, 0) is 30.9 Å². The van der Waals surface area contributed by atoms with Crippen LogP contribution in [0, 0.1) is 0 Å². The number of hydrogen-bond acceptors (Lipinski definition) is 5. The van der Waals surface area contributed by atoms with Crippen molar-refractivity contribution in [1.82, 2.24) is 5.32 Å². The molecule has 0 aromatic carbocycles. The van der Waals surface area contributed by atoms with E-state index in [0.29, 0.717) is 10.8 Å². The lowest BCUT2D eigenvalue weighted by molar-refractivity contribution is 0.0968. The van der Waals surface area contributed by atoms with Crippen molar-refractivity contribution in [2.75, 3.05) is 42.3 Å².